The summed E-state index contributed by atoms with van der Waals surface area (Å²) in [6.45, 7) is 3.74. The average Bonchev–Trinajstić information content (AvgIpc) is 3.22. The summed E-state index contributed by atoms with van der Waals surface area (Å²) in [5, 5.41) is 30.6. The van der Waals surface area contributed by atoms with Crippen LogP contribution < -0.4 is 0 Å². The molecule has 4 N–H and O–H groups in total. The molecule has 0 aliphatic carbocycles. The van der Waals surface area contributed by atoms with Crippen molar-refractivity contribution in [3.63, 3.8) is 0 Å². The average molecular weight is 867 g/mol. The molecule has 0 amide bonds. The summed E-state index contributed by atoms with van der Waals surface area (Å²) in [5.74, 6) is -0.448. The van der Waals surface area contributed by atoms with Crippen LogP contribution in [0.25, 0.3) is 0 Å². The Morgan fingerprint density at radius 3 is 1.70 bits per heavy atom. The maximum Gasteiger partial charge on any atom is 0.397 e. The molecule has 1 rings (SSSR count). The summed E-state index contributed by atoms with van der Waals surface area (Å²) >= 11 is 0. The molecule has 344 valence electrons. The van der Waals surface area contributed by atoms with Gasteiger partial charge in [0.2, 0.25) is 0 Å². The van der Waals surface area contributed by atoms with Crippen molar-refractivity contribution >= 4 is 16.4 Å². The lowest BCUT2D eigenvalue weighted by Crippen LogP contribution is -2.60. The van der Waals surface area contributed by atoms with Crippen LogP contribution in [0.1, 0.15) is 142 Å². The summed E-state index contributed by atoms with van der Waals surface area (Å²) in [7, 11) is -5.07. The summed E-state index contributed by atoms with van der Waals surface area (Å²) in [6.07, 6.45) is 40.5. The number of hydrogen-bond donors (Lipinski definition) is 4. The van der Waals surface area contributed by atoms with Gasteiger partial charge in [-0.1, -0.05) is 137 Å². The first-order valence-corrected chi connectivity index (χ1v) is 23.7. The van der Waals surface area contributed by atoms with E-state index in [2.05, 4.69) is 103 Å². The molecule has 0 saturated carbocycles. The molecule has 0 aromatic rings. The normalized spacial score (nSPS) is 21.1. The van der Waals surface area contributed by atoms with E-state index in [1.165, 1.54) is 25.7 Å². The van der Waals surface area contributed by atoms with Gasteiger partial charge in [-0.2, -0.15) is 8.42 Å². The van der Waals surface area contributed by atoms with Gasteiger partial charge in [0.25, 0.3) is 0 Å². The zero-order valence-corrected chi connectivity index (χ0v) is 37.3. The minimum Gasteiger partial charge on any atom is -0.457 e. The van der Waals surface area contributed by atoms with E-state index < -0.39 is 59.8 Å². The zero-order valence-electron chi connectivity index (χ0n) is 36.5. The summed E-state index contributed by atoms with van der Waals surface area (Å²) in [4.78, 5) is 12.8. The van der Waals surface area contributed by atoms with Crippen LogP contribution in [0, 0.1) is 0 Å². The molecule has 0 aromatic heterocycles. The summed E-state index contributed by atoms with van der Waals surface area (Å²) < 4.78 is 58.9. The molecule has 0 radical (unpaired) electrons. The van der Waals surface area contributed by atoms with E-state index in [1.54, 1.807) is 0 Å². The fourth-order valence-electron chi connectivity index (χ4n) is 6.13. The Bertz CT molecular complexity index is 1370. The number of aliphatic hydroxyl groups is 3. The molecular weight excluding hydrogens is 789 g/mol. The van der Waals surface area contributed by atoms with E-state index in [1.807, 2.05) is 0 Å². The van der Waals surface area contributed by atoms with Gasteiger partial charge >= 0.3 is 16.4 Å². The molecule has 0 bridgehead atoms. The Hall–Kier alpha value is -2.72. The van der Waals surface area contributed by atoms with Gasteiger partial charge < -0.3 is 34.3 Å². The number of unbranched alkanes of at least 4 members (excludes halogenated alkanes) is 10. The smallest absolute Gasteiger partial charge is 0.397 e. The molecular formula is C47H78O12S. The number of esters is 1. The van der Waals surface area contributed by atoms with Gasteiger partial charge in [0.15, 0.2) is 6.29 Å². The van der Waals surface area contributed by atoms with E-state index in [0.29, 0.717) is 13.0 Å². The molecule has 1 saturated heterocycles. The number of rotatable bonds is 37. The third-order valence-electron chi connectivity index (χ3n) is 9.50. The highest BCUT2D eigenvalue weighted by Crippen LogP contribution is 2.26. The predicted octanol–water partition coefficient (Wildman–Crippen LogP) is 9.29. The molecule has 13 heteroatoms. The maximum absolute atomic E-state index is 12.8. The second-order valence-corrected chi connectivity index (χ2v) is 15.9. The Kier molecular flexibility index (Phi) is 35.0. The lowest BCUT2D eigenvalue weighted by molar-refractivity contribution is -0.301. The van der Waals surface area contributed by atoms with Crippen LogP contribution in [0.3, 0.4) is 0 Å². The highest BCUT2D eigenvalue weighted by molar-refractivity contribution is 7.80. The first-order chi connectivity index (χ1) is 29.1. The molecule has 1 aliphatic heterocycles. The topological polar surface area (TPSA) is 178 Å². The molecule has 60 heavy (non-hydrogen) atoms. The lowest BCUT2D eigenvalue weighted by Gasteiger charge is -2.41. The van der Waals surface area contributed by atoms with E-state index >= 15 is 0 Å². The number of ether oxygens (including phenoxy) is 4. The van der Waals surface area contributed by atoms with Gasteiger partial charge in [-0.3, -0.25) is 9.35 Å². The second kappa shape index (κ2) is 38.0. The highest BCUT2D eigenvalue weighted by Gasteiger charge is 2.48. The first kappa shape index (κ1) is 55.3. The maximum atomic E-state index is 12.8. The van der Waals surface area contributed by atoms with Crippen LogP contribution in [0.15, 0.2) is 85.1 Å². The van der Waals surface area contributed by atoms with Crippen LogP contribution in [-0.2, 0) is 38.3 Å². The van der Waals surface area contributed by atoms with Crippen LogP contribution in [0.4, 0.5) is 0 Å². The van der Waals surface area contributed by atoms with E-state index in [4.69, 9.17) is 23.5 Å². The second-order valence-electron chi connectivity index (χ2n) is 14.9. The van der Waals surface area contributed by atoms with Crippen LogP contribution in [-0.4, -0.2) is 97.5 Å². The third-order valence-corrected chi connectivity index (χ3v) is 9.97. The molecule has 0 aromatic carbocycles. The molecule has 1 heterocycles. The molecule has 1 fully saturated rings. The third kappa shape index (κ3) is 31.2. The van der Waals surface area contributed by atoms with Crippen molar-refractivity contribution in [2.24, 2.45) is 0 Å². The number of allylic oxidation sites excluding steroid dienone is 14. The Morgan fingerprint density at radius 2 is 1.15 bits per heavy atom. The van der Waals surface area contributed by atoms with Crippen LogP contribution in [0.5, 0.6) is 0 Å². The summed E-state index contributed by atoms with van der Waals surface area (Å²) in [5.41, 5.74) is 0. The van der Waals surface area contributed by atoms with Crippen molar-refractivity contribution in [1.82, 2.24) is 0 Å². The monoisotopic (exact) mass is 867 g/mol. The molecule has 6 unspecified atom stereocenters. The number of hydrogen-bond acceptors (Lipinski definition) is 11. The van der Waals surface area contributed by atoms with Gasteiger partial charge in [-0.05, 0) is 83.5 Å². The first-order valence-electron chi connectivity index (χ1n) is 22.3. The van der Waals surface area contributed by atoms with Crippen molar-refractivity contribution in [3.05, 3.63) is 85.1 Å². The largest absolute Gasteiger partial charge is 0.457 e. The Balaban J connectivity index is 2.47. The van der Waals surface area contributed by atoms with Gasteiger partial charge in [0.1, 0.15) is 30.5 Å². The SMILES string of the molecule is CC/C=C\C/C=C\C/C=C\C/C=C\C/C=C\C/C=C\CCCCC(=O)OC(COCCCCCCCC/C=C\CCCC)COC1OC(CO)C(O)C(OS(=O)(=O)O)C1O. The molecule has 6 atom stereocenters. The van der Waals surface area contributed by atoms with Crippen molar-refractivity contribution in [2.45, 2.75) is 179 Å². The predicted molar refractivity (Wildman–Crippen MR) is 239 cm³/mol. The zero-order chi connectivity index (χ0) is 43.9. The number of carbonyl (C=O) groups is 1. The quantitative estimate of drug-likeness (QED) is 0.0202. The lowest BCUT2D eigenvalue weighted by atomic mass is 9.99. The van der Waals surface area contributed by atoms with E-state index in [0.717, 1.165) is 89.9 Å². The minimum atomic E-state index is -5.07. The highest BCUT2D eigenvalue weighted by atomic mass is 32.3. The van der Waals surface area contributed by atoms with Crippen molar-refractivity contribution < 1.29 is 56.2 Å². The van der Waals surface area contributed by atoms with Crippen molar-refractivity contribution in [1.29, 1.82) is 0 Å². The van der Waals surface area contributed by atoms with Gasteiger partial charge in [0, 0.05) is 13.0 Å². The molecule has 0 spiro atoms. The number of carbonyl (C=O) groups excluding carboxylic acids is 1. The van der Waals surface area contributed by atoms with E-state index in [-0.39, 0.29) is 19.6 Å². The van der Waals surface area contributed by atoms with Crippen LogP contribution >= 0.6 is 0 Å². The Morgan fingerprint density at radius 1 is 0.650 bits per heavy atom. The Labute approximate surface area is 362 Å². The standard InChI is InChI=1S/C47H78O12S/c1-3-5-7-9-11-13-15-17-18-19-20-21-22-23-24-25-26-28-30-32-34-36-43(49)57-41(39-55-37-35-33-31-29-27-16-14-12-10-8-6-4-2)40-56-47-45(51)46(59-60(52,53)54)44(50)42(38-48)58-47/h5,7,10-13,17-18,20-21,23-24,26,28,41-42,44-48,50-51H,3-4,6,8-9,14-16,19,22,25,27,29-40H2,1-2H3,(H,52,53,54)/b7-5-,12-10-,13-11-,18-17-,21-20-,24-23-,28-26-. The van der Waals surface area contributed by atoms with Crippen molar-refractivity contribution in [3.8, 4) is 0 Å². The van der Waals surface area contributed by atoms with E-state index in [9.17, 15) is 28.5 Å². The fraction of sp³-hybridized carbons (Fsp3) is 0.681. The molecule has 1 aliphatic rings. The van der Waals surface area contributed by atoms with Gasteiger partial charge in [-0.15, -0.1) is 0 Å². The number of aliphatic hydroxyl groups excluding tert-OH is 3. The van der Waals surface area contributed by atoms with Gasteiger partial charge in [0.05, 0.1) is 19.8 Å². The van der Waals surface area contributed by atoms with Gasteiger partial charge in [-0.25, -0.2) is 4.18 Å². The van der Waals surface area contributed by atoms with Crippen molar-refractivity contribution in [2.75, 3.05) is 26.4 Å². The minimum absolute atomic E-state index is 0.00839. The fourth-order valence-corrected chi connectivity index (χ4v) is 6.63. The van der Waals surface area contributed by atoms with Crippen LogP contribution in [0.2, 0.25) is 0 Å². The molecule has 12 nitrogen and oxygen atoms in total. The summed E-state index contributed by atoms with van der Waals surface area (Å²) in [6, 6.07) is 0.